The van der Waals surface area contributed by atoms with E-state index in [1.807, 2.05) is 13.8 Å². The van der Waals surface area contributed by atoms with E-state index in [0.717, 1.165) is 6.42 Å². The number of hydrogen-bond acceptors (Lipinski definition) is 4. The second-order valence-corrected chi connectivity index (χ2v) is 2.42. The molecule has 1 unspecified atom stereocenters. The van der Waals surface area contributed by atoms with Gasteiger partial charge < -0.3 is 5.73 Å². The largest absolute Gasteiger partial charge is 0.387 e. The molecule has 0 aliphatic heterocycles. The Balaban J connectivity index is 2.66. The van der Waals surface area contributed by atoms with E-state index >= 15 is 0 Å². The molecule has 0 aliphatic rings. The van der Waals surface area contributed by atoms with Crippen LogP contribution in [0, 0.1) is 0 Å². The lowest BCUT2D eigenvalue weighted by Gasteiger charge is -2.00. The van der Waals surface area contributed by atoms with Crippen LogP contribution in [0.2, 0.25) is 0 Å². The van der Waals surface area contributed by atoms with E-state index in [2.05, 4.69) is 25.6 Å². The normalized spacial score (nSPS) is 14.7. The summed E-state index contributed by atoms with van der Waals surface area (Å²) in [6, 6.07) is -0.122. The van der Waals surface area contributed by atoms with Crippen molar-refractivity contribution in [1.82, 2.24) is 20.6 Å². The predicted molar refractivity (Wildman–Crippen MR) is 44.5 cm³/mol. The van der Waals surface area contributed by atoms with Gasteiger partial charge in [-0.2, -0.15) is 5.21 Å². The number of rotatable bonds is 3. The van der Waals surface area contributed by atoms with Gasteiger partial charge in [0.2, 0.25) is 0 Å². The van der Waals surface area contributed by atoms with Crippen molar-refractivity contribution in [2.75, 3.05) is 0 Å². The SMILES string of the molecule is CCC(N)=NC(C)c1nn[nH]n1. The second kappa shape index (κ2) is 3.80. The van der Waals surface area contributed by atoms with Gasteiger partial charge in [0.15, 0.2) is 5.82 Å². The van der Waals surface area contributed by atoms with Crippen LogP contribution in [0.1, 0.15) is 32.1 Å². The monoisotopic (exact) mass is 168 g/mol. The number of nitrogens with one attached hydrogen (secondary N) is 1. The van der Waals surface area contributed by atoms with E-state index in [1.54, 1.807) is 0 Å². The summed E-state index contributed by atoms with van der Waals surface area (Å²) >= 11 is 0. The lowest BCUT2D eigenvalue weighted by atomic mass is 10.3. The quantitative estimate of drug-likeness (QED) is 0.491. The van der Waals surface area contributed by atoms with E-state index in [9.17, 15) is 0 Å². The molecule has 12 heavy (non-hydrogen) atoms. The Bertz CT molecular complexity index is 251. The minimum atomic E-state index is -0.122. The summed E-state index contributed by atoms with van der Waals surface area (Å²) in [6.07, 6.45) is 0.738. The molecule has 0 bridgehead atoms. The Kier molecular flexibility index (Phi) is 2.73. The van der Waals surface area contributed by atoms with Crippen molar-refractivity contribution < 1.29 is 0 Å². The highest BCUT2D eigenvalue weighted by Crippen LogP contribution is 2.08. The summed E-state index contributed by atoms with van der Waals surface area (Å²) in [4.78, 5) is 4.15. The fraction of sp³-hybridized carbons (Fsp3) is 0.667. The third-order valence-corrected chi connectivity index (χ3v) is 1.46. The van der Waals surface area contributed by atoms with E-state index in [-0.39, 0.29) is 6.04 Å². The maximum atomic E-state index is 5.54. The van der Waals surface area contributed by atoms with Crippen LogP contribution in [-0.4, -0.2) is 26.5 Å². The number of nitrogens with zero attached hydrogens (tertiary/aromatic N) is 4. The van der Waals surface area contributed by atoms with Crippen molar-refractivity contribution in [3.8, 4) is 0 Å². The molecule has 0 saturated heterocycles. The van der Waals surface area contributed by atoms with Crippen molar-refractivity contribution in [3.05, 3.63) is 5.82 Å². The number of aromatic amines is 1. The predicted octanol–water partition coefficient (Wildman–Crippen LogP) is 0.0279. The molecular weight excluding hydrogens is 156 g/mol. The molecule has 0 saturated carbocycles. The van der Waals surface area contributed by atoms with Crippen LogP contribution < -0.4 is 5.73 Å². The van der Waals surface area contributed by atoms with Crippen LogP contribution in [0.5, 0.6) is 0 Å². The molecule has 1 rings (SSSR count). The second-order valence-electron chi connectivity index (χ2n) is 2.42. The number of H-pyrrole nitrogens is 1. The van der Waals surface area contributed by atoms with Gasteiger partial charge in [-0.25, -0.2) is 0 Å². The minimum Gasteiger partial charge on any atom is -0.387 e. The smallest absolute Gasteiger partial charge is 0.198 e. The lowest BCUT2D eigenvalue weighted by Crippen LogP contribution is -2.11. The highest BCUT2D eigenvalue weighted by molar-refractivity contribution is 5.80. The summed E-state index contributed by atoms with van der Waals surface area (Å²) in [5.74, 6) is 1.17. The molecule has 1 aromatic rings. The van der Waals surface area contributed by atoms with Crippen LogP contribution in [0.3, 0.4) is 0 Å². The summed E-state index contributed by atoms with van der Waals surface area (Å²) in [6.45, 7) is 3.81. The molecule has 0 radical (unpaired) electrons. The van der Waals surface area contributed by atoms with Crippen molar-refractivity contribution in [1.29, 1.82) is 0 Å². The summed E-state index contributed by atoms with van der Waals surface area (Å²) in [7, 11) is 0. The first kappa shape index (κ1) is 8.63. The molecule has 0 spiro atoms. The molecule has 6 nitrogen and oxygen atoms in total. The third kappa shape index (κ3) is 2.01. The number of aliphatic imine (C=N–C) groups is 1. The number of tetrazole rings is 1. The van der Waals surface area contributed by atoms with Crippen LogP contribution in [0.25, 0.3) is 0 Å². The summed E-state index contributed by atoms with van der Waals surface area (Å²) in [5, 5.41) is 13.4. The maximum Gasteiger partial charge on any atom is 0.198 e. The van der Waals surface area contributed by atoms with Crippen LogP contribution in [0.4, 0.5) is 0 Å². The van der Waals surface area contributed by atoms with Gasteiger partial charge in [-0.1, -0.05) is 12.1 Å². The van der Waals surface area contributed by atoms with Crippen molar-refractivity contribution in [3.63, 3.8) is 0 Å². The maximum absolute atomic E-state index is 5.54. The van der Waals surface area contributed by atoms with Gasteiger partial charge in [-0.3, -0.25) is 4.99 Å². The highest BCUT2D eigenvalue weighted by atomic mass is 15.5. The lowest BCUT2D eigenvalue weighted by molar-refractivity contribution is 0.740. The molecule has 1 atom stereocenters. The molecule has 0 fully saturated rings. The highest BCUT2D eigenvalue weighted by Gasteiger charge is 2.07. The zero-order valence-electron chi connectivity index (χ0n) is 7.15. The van der Waals surface area contributed by atoms with Crippen LogP contribution >= 0.6 is 0 Å². The number of nitrogens with two attached hydrogens (primary N) is 1. The van der Waals surface area contributed by atoms with Crippen molar-refractivity contribution in [2.45, 2.75) is 26.3 Å². The molecule has 1 aromatic heterocycles. The van der Waals surface area contributed by atoms with E-state index < -0.39 is 0 Å². The first-order valence-corrected chi connectivity index (χ1v) is 3.79. The molecule has 0 aromatic carbocycles. The Morgan fingerprint density at radius 1 is 1.75 bits per heavy atom. The minimum absolute atomic E-state index is 0.122. The van der Waals surface area contributed by atoms with E-state index in [4.69, 9.17) is 5.73 Å². The number of aromatic nitrogens is 4. The molecular formula is C6H12N6. The van der Waals surface area contributed by atoms with Crippen molar-refractivity contribution >= 4 is 5.84 Å². The van der Waals surface area contributed by atoms with E-state index in [0.29, 0.717) is 11.7 Å². The first-order chi connectivity index (χ1) is 5.74. The van der Waals surface area contributed by atoms with Crippen molar-refractivity contribution in [2.24, 2.45) is 10.7 Å². The summed E-state index contributed by atoms with van der Waals surface area (Å²) < 4.78 is 0. The molecule has 66 valence electrons. The van der Waals surface area contributed by atoms with Gasteiger partial charge in [-0.05, 0) is 6.92 Å². The standard InChI is InChI=1S/C6H12N6/c1-3-5(7)8-4(2)6-9-11-12-10-6/h4H,3H2,1-2H3,(H2,7,8)(H,9,10,11,12). The topological polar surface area (TPSA) is 92.8 Å². The summed E-state index contributed by atoms with van der Waals surface area (Å²) in [5.41, 5.74) is 5.54. The van der Waals surface area contributed by atoms with E-state index in [1.165, 1.54) is 0 Å². The fourth-order valence-electron chi connectivity index (χ4n) is 0.744. The van der Waals surface area contributed by atoms with Crippen LogP contribution in [0.15, 0.2) is 4.99 Å². The Morgan fingerprint density at radius 3 is 3.00 bits per heavy atom. The number of hydrogen-bond donors (Lipinski definition) is 2. The van der Waals surface area contributed by atoms with Gasteiger partial charge in [0, 0.05) is 6.42 Å². The molecule has 1 heterocycles. The Hall–Kier alpha value is -1.46. The van der Waals surface area contributed by atoms with Gasteiger partial charge in [0.1, 0.15) is 6.04 Å². The van der Waals surface area contributed by atoms with Crippen LogP contribution in [-0.2, 0) is 0 Å². The molecule has 0 aliphatic carbocycles. The Morgan fingerprint density at radius 2 is 2.50 bits per heavy atom. The number of amidine groups is 1. The van der Waals surface area contributed by atoms with Gasteiger partial charge in [0.05, 0.1) is 5.84 Å². The third-order valence-electron chi connectivity index (χ3n) is 1.46. The molecule has 6 heteroatoms. The zero-order chi connectivity index (χ0) is 8.97. The average molecular weight is 168 g/mol. The van der Waals surface area contributed by atoms with Gasteiger partial charge >= 0.3 is 0 Å². The molecule has 0 amide bonds. The Labute approximate surface area is 70.3 Å². The van der Waals surface area contributed by atoms with Gasteiger partial charge in [-0.15, -0.1) is 10.2 Å². The average Bonchev–Trinajstić information content (AvgIpc) is 2.56. The molecule has 3 N–H and O–H groups in total. The zero-order valence-corrected chi connectivity index (χ0v) is 7.15. The van der Waals surface area contributed by atoms with Gasteiger partial charge in [0.25, 0.3) is 0 Å². The first-order valence-electron chi connectivity index (χ1n) is 3.79. The fourth-order valence-corrected chi connectivity index (χ4v) is 0.744.